The van der Waals surface area contributed by atoms with Gasteiger partial charge in [0, 0.05) is 50.3 Å². The van der Waals surface area contributed by atoms with E-state index in [4.69, 9.17) is 0 Å². The Morgan fingerprint density at radius 3 is 2.79 bits per heavy atom. The van der Waals surface area contributed by atoms with Gasteiger partial charge in [0.05, 0.1) is 11.9 Å². The highest BCUT2D eigenvalue weighted by atomic mass is 19.1. The van der Waals surface area contributed by atoms with Gasteiger partial charge in [-0.3, -0.25) is 9.88 Å². The van der Waals surface area contributed by atoms with Gasteiger partial charge < -0.3 is 4.90 Å². The van der Waals surface area contributed by atoms with E-state index in [1.807, 2.05) is 16.8 Å². The Bertz CT molecular complexity index is 881. The number of nitrogens with zero attached hydrogens (tertiary/aromatic N) is 6. The van der Waals surface area contributed by atoms with E-state index >= 15 is 0 Å². The molecule has 0 aliphatic carbocycles. The molecule has 3 aromatic rings. The van der Waals surface area contributed by atoms with Crippen LogP contribution in [0.2, 0.25) is 0 Å². The van der Waals surface area contributed by atoms with Gasteiger partial charge in [-0.15, -0.1) is 0 Å². The molecule has 0 radical (unpaired) electrons. The molecule has 2 atom stereocenters. The van der Waals surface area contributed by atoms with E-state index in [1.165, 1.54) is 6.07 Å². The van der Waals surface area contributed by atoms with Gasteiger partial charge in [-0.05, 0) is 24.6 Å². The largest absolute Gasteiger partial charge is 0.346 e. The molecule has 122 valence electrons. The van der Waals surface area contributed by atoms with Crippen molar-refractivity contribution < 1.29 is 4.39 Å². The Hall–Kier alpha value is -2.54. The van der Waals surface area contributed by atoms with Crippen LogP contribution in [-0.4, -0.2) is 49.7 Å². The first kappa shape index (κ1) is 13.9. The van der Waals surface area contributed by atoms with E-state index in [9.17, 15) is 4.39 Å². The van der Waals surface area contributed by atoms with Crippen molar-refractivity contribution in [1.82, 2.24) is 24.5 Å². The van der Waals surface area contributed by atoms with Crippen LogP contribution >= 0.6 is 0 Å². The number of piperidine rings is 1. The van der Waals surface area contributed by atoms with E-state index in [-0.39, 0.29) is 5.82 Å². The van der Waals surface area contributed by atoms with Crippen LogP contribution in [0.15, 0.2) is 43.0 Å². The first-order valence-corrected chi connectivity index (χ1v) is 8.18. The van der Waals surface area contributed by atoms with Crippen molar-refractivity contribution in [3.05, 3.63) is 54.5 Å². The highest BCUT2D eigenvalue weighted by molar-refractivity contribution is 5.70. The average molecular weight is 324 g/mol. The molecule has 0 amide bonds. The molecular formula is C17H17FN6. The predicted molar refractivity (Wildman–Crippen MR) is 87.1 cm³/mol. The zero-order valence-corrected chi connectivity index (χ0v) is 13.1. The summed E-state index contributed by atoms with van der Waals surface area (Å²) in [4.78, 5) is 13.4. The summed E-state index contributed by atoms with van der Waals surface area (Å²) < 4.78 is 15.7. The van der Waals surface area contributed by atoms with Crippen molar-refractivity contribution in [2.45, 2.75) is 25.0 Å². The molecule has 6 heterocycles. The summed E-state index contributed by atoms with van der Waals surface area (Å²) in [6, 6.07) is 5.95. The quantitative estimate of drug-likeness (QED) is 0.734. The number of pyridine rings is 1. The number of fused-ring (bicyclic) bond motifs is 3. The highest BCUT2D eigenvalue weighted by Gasteiger charge is 2.45. The molecule has 3 fully saturated rings. The summed E-state index contributed by atoms with van der Waals surface area (Å²) in [5.74, 6) is 0.777. The minimum absolute atomic E-state index is 0.223. The van der Waals surface area contributed by atoms with Gasteiger partial charge in [0.15, 0.2) is 5.82 Å². The normalized spacial score (nSPS) is 23.5. The molecule has 2 bridgehead atoms. The molecule has 3 aliphatic rings. The molecule has 24 heavy (non-hydrogen) atoms. The van der Waals surface area contributed by atoms with Gasteiger partial charge >= 0.3 is 0 Å². The lowest BCUT2D eigenvalue weighted by Gasteiger charge is -2.57. The fraction of sp³-hybridized carbons (Fsp3) is 0.353. The third kappa shape index (κ3) is 2.08. The maximum atomic E-state index is 13.8. The predicted octanol–water partition coefficient (Wildman–Crippen LogP) is 1.73. The molecule has 0 spiro atoms. The van der Waals surface area contributed by atoms with Crippen molar-refractivity contribution in [3.63, 3.8) is 0 Å². The molecule has 3 aromatic heterocycles. The summed E-state index contributed by atoms with van der Waals surface area (Å²) in [6.07, 6.45) is 8.28. The molecule has 0 aromatic carbocycles. The topological polar surface area (TPSA) is 49.6 Å². The molecule has 3 saturated heterocycles. The van der Waals surface area contributed by atoms with E-state index in [2.05, 4.69) is 24.9 Å². The lowest BCUT2D eigenvalue weighted by molar-refractivity contribution is 0.106. The van der Waals surface area contributed by atoms with Crippen LogP contribution in [-0.2, 0) is 6.54 Å². The van der Waals surface area contributed by atoms with Crippen molar-refractivity contribution in [1.29, 1.82) is 0 Å². The van der Waals surface area contributed by atoms with Crippen molar-refractivity contribution in [2.24, 2.45) is 0 Å². The van der Waals surface area contributed by atoms with Crippen LogP contribution in [0.4, 0.5) is 10.2 Å². The number of piperazine rings is 1. The molecule has 3 aliphatic heterocycles. The highest BCUT2D eigenvalue weighted by Crippen LogP contribution is 2.38. The maximum absolute atomic E-state index is 13.8. The lowest BCUT2D eigenvalue weighted by Crippen LogP contribution is -2.69. The summed E-state index contributed by atoms with van der Waals surface area (Å²) >= 11 is 0. The molecule has 7 heteroatoms. The van der Waals surface area contributed by atoms with Gasteiger partial charge in [-0.2, -0.15) is 5.10 Å². The number of halogens is 1. The Labute approximate surface area is 138 Å². The molecule has 0 saturated carbocycles. The number of aromatic nitrogens is 4. The first-order valence-electron chi connectivity index (χ1n) is 8.18. The second kappa shape index (κ2) is 5.24. The summed E-state index contributed by atoms with van der Waals surface area (Å²) in [5, 5.41) is 4.28. The number of hydrogen-bond acceptors (Lipinski definition) is 5. The second-order valence-corrected chi connectivity index (χ2v) is 6.49. The molecule has 2 unspecified atom stereocenters. The number of anilines is 1. The van der Waals surface area contributed by atoms with Crippen molar-refractivity contribution in [3.8, 4) is 0 Å². The summed E-state index contributed by atoms with van der Waals surface area (Å²) in [7, 11) is 0. The van der Waals surface area contributed by atoms with Crippen LogP contribution in [0.5, 0.6) is 0 Å². The summed E-state index contributed by atoms with van der Waals surface area (Å²) in [6.45, 7) is 2.38. The van der Waals surface area contributed by atoms with Crippen LogP contribution in [0.1, 0.15) is 12.1 Å². The number of hydrogen-bond donors (Lipinski definition) is 0. The van der Waals surface area contributed by atoms with Crippen LogP contribution in [0, 0.1) is 5.82 Å². The Morgan fingerprint density at radius 1 is 1.08 bits per heavy atom. The van der Waals surface area contributed by atoms with Gasteiger partial charge in [0.25, 0.3) is 0 Å². The third-order valence-electron chi connectivity index (χ3n) is 5.03. The van der Waals surface area contributed by atoms with Crippen LogP contribution in [0.3, 0.4) is 0 Å². The lowest BCUT2D eigenvalue weighted by atomic mass is 9.87. The minimum atomic E-state index is -0.223. The second-order valence-electron chi connectivity index (χ2n) is 6.49. The monoisotopic (exact) mass is 324 g/mol. The zero-order valence-electron chi connectivity index (χ0n) is 13.1. The van der Waals surface area contributed by atoms with E-state index in [0.717, 1.165) is 30.8 Å². The first-order chi connectivity index (χ1) is 11.8. The molecular weight excluding hydrogens is 307 g/mol. The summed E-state index contributed by atoms with van der Waals surface area (Å²) in [5.41, 5.74) is 1.57. The fourth-order valence-corrected chi connectivity index (χ4v) is 3.96. The standard InChI is InChI=1S/C17H17FN6/c18-14-2-1-4-19-15(14)11-22-9-12-8-13(10-22)24(12)17-16-3-5-21-23(16)7-6-20-17/h1-7,12-13H,8-11H2. The third-order valence-corrected chi connectivity index (χ3v) is 5.03. The van der Waals surface area contributed by atoms with E-state index in [0.29, 0.717) is 24.3 Å². The van der Waals surface area contributed by atoms with Crippen molar-refractivity contribution in [2.75, 3.05) is 18.0 Å². The fourth-order valence-electron chi connectivity index (χ4n) is 3.96. The molecule has 6 nitrogen and oxygen atoms in total. The van der Waals surface area contributed by atoms with Crippen LogP contribution < -0.4 is 4.90 Å². The van der Waals surface area contributed by atoms with Gasteiger partial charge in [-0.25, -0.2) is 13.9 Å². The Kier molecular flexibility index (Phi) is 3.02. The Balaban J connectivity index is 1.36. The van der Waals surface area contributed by atoms with Crippen molar-refractivity contribution >= 4 is 11.3 Å². The Morgan fingerprint density at radius 2 is 1.96 bits per heavy atom. The minimum Gasteiger partial charge on any atom is -0.346 e. The van der Waals surface area contributed by atoms with E-state index < -0.39 is 0 Å². The van der Waals surface area contributed by atoms with Gasteiger partial charge in [0.2, 0.25) is 0 Å². The van der Waals surface area contributed by atoms with Gasteiger partial charge in [0.1, 0.15) is 11.3 Å². The van der Waals surface area contributed by atoms with Crippen LogP contribution in [0.25, 0.3) is 5.52 Å². The molecule has 6 rings (SSSR count). The average Bonchev–Trinajstić information content (AvgIpc) is 3.07. The smallest absolute Gasteiger partial charge is 0.155 e. The maximum Gasteiger partial charge on any atom is 0.155 e. The van der Waals surface area contributed by atoms with Gasteiger partial charge in [-0.1, -0.05) is 0 Å². The van der Waals surface area contributed by atoms with E-state index in [1.54, 1.807) is 24.7 Å². The number of rotatable bonds is 3. The SMILES string of the molecule is Fc1cccnc1CN1CC2CC(C1)N2c1nccn2nccc12. The molecule has 0 N–H and O–H groups in total. The zero-order chi connectivity index (χ0) is 16.1.